The highest BCUT2D eigenvalue weighted by molar-refractivity contribution is 9.10. The van der Waals surface area contributed by atoms with Gasteiger partial charge in [0.2, 0.25) is 0 Å². The van der Waals surface area contributed by atoms with Crippen molar-refractivity contribution in [2.45, 2.75) is 6.54 Å². The van der Waals surface area contributed by atoms with Crippen molar-refractivity contribution in [2.24, 2.45) is 0 Å². The average Bonchev–Trinajstić information content (AvgIpc) is 2.59. The summed E-state index contributed by atoms with van der Waals surface area (Å²) in [5.74, 6) is -0.724. The molecule has 2 heterocycles. The highest BCUT2D eigenvalue weighted by Crippen LogP contribution is 2.22. The van der Waals surface area contributed by atoms with Crippen molar-refractivity contribution in [1.29, 1.82) is 0 Å². The molecule has 0 aliphatic heterocycles. The smallest absolute Gasteiger partial charge is 0.358 e. The van der Waals surface area contributed by atoms with Crippen LogP contribution in [0, 0.1) is 15.9 Å². The molecule has 0 radical (unpaired) electrons. The summed E-state index contributed by atoms with van der Waals surface area (Å²) in [7, 11) is 0. The molecule has 0 unspecified atom stereocenters. The van der Waals surface area contributed by atoms with Crippen LogP contribution in [-0.2, 0) is 6.54 Å². The Bertz CT molecular complexity index is 572. The molecule has 0 saturated carbocycles. The van der Waals surface area contributed by atoms with E-state index in [1.807, 2.05) is 0 Å². The maximum absolute atomic E-state index is 12.9. The number of rotatable bonds is 3. The number of hydrogen-bond donors (Lipinski definition) is 0. The molecular formula is C9H6BrFN4O2. The third-order valence-corrected chi connectivity index (χ3v) is 2.54. The Balaban J connectivity index is 2.25. The van der Waals surface area contributed by atoms with Crippen molar-refractivity contribution in [3.05, 3.63) is 50.6 Å². The summed E-state index contributed by atoms with van der Waals surface area (Å²) < 4.78 is 14.5. The molecule has 8 heteroatoms. The Morgan fingerprint density at radius 1 is 1.53 bits per heavy atom. The summed E-state index contributed by atoms with van der Waals surface area (Å²) in [4.78, 5) is 13.7. The first-order chi connectivity index (χ1) is 8.06. The summed E-state index contributed by atoms with van der Waals surface area (Å²) >= 11 is 3.03. The van der Waals surface area contributed by atoms with Crippen molar-refractivity contribution in [1.82, 2.24) is 14.8 Å². The molecular weight excluding hydrogens is 295 g/mol. The molecule has 0 N–H and O–H groups in total. The van der Waals surface area contributed by atoms with Gasteiger partial charge in [0.05, 0.1) is 24.0 Å². The summed E-state index contributed by atoms with van der Waals surface area (Å²) in [5.41, 5.74) is 0.579. The van der Waals surface area contributed by atoms with E-state index in [4.69, 9.17) is 0 Å². The lowest BCUT2D eigenvalue weighted by atomic mass is 10.3. The van der Waals surface area contributed by atoms with E-state index in [-0.39, 0.29) is 16.8 Å². The molecule has 0 bridgehead atoms. The van der Waals surface area contributed by atoms with Crippen LogP contribution in [0.2, 0.25) is 0 Å². The number of halogens is 2. The highest BCUT2D eigenvalue weighted by atomic mass is 79.9. The molecule has 0 aliphatic rings. The lowest BCUT2D eigenvalue weighted by molar-refractivity contribution is -0.390. The predicted molar refractivity (Wildman–Crippen MR) is 59.9 cm³/mol. The predicted octanol–water partition coefficient (Wildman–Crippen LogP) is 2.14. The second-order valence-electron chi connectivity index (χ2n) is 3.27. The average molecular weight is 301 g/mol. The molecule has 17 heavy (non-hydrogen) atoms. The van der Waals surface area contributed by atoms with Crippen molar-refractivity contribution in [3.8, 4) is 0 Å². The van der Waals surface area contributed by atoms with Gasteiger partial charge in [-0.25, -0.2) is 4.39 Å². The van der Waals surface area contributed by atoms with Gasteiger partial charge in [0, 0.05) is 6.20 Å². The fourth-order valence-corrected chi connectivity index (χ4v) is 1.78. The monoisotopic (exact) mass is 300 g/mol. The van der Waals surface area contributed by atoms with Gasteiger partial charge >= 0.3 is 5.82 Å². The number of nitro groups is 1. The van der Waals surface area contributed by atoms with Crippen LogP contribution in [0.3, 0.4) is 0 Å². The number of hydrogen-bond acceptors (Lipinski definition) is 4. The Labute approximate surface area is 103 Å². The first-order valence-electron chi connectivity index (χ1n) is 4.53. The fraction of sp³-hybridized carbons (Fsp3) is 0.111. The first kappa shape index (κ1) is 11.6. The van der Waals surface area contributed by atoms with E-state index in [0.717, 1.165) is 6.20 Å². The summed E-state index contributed by atoms with van der Waals surface area (Å²) in [6.07, 6.45) is 4.03. The molecule has 0 aliphatic carbocycles. The largest absolute Gasteiger partial charge is 0.404 e. The van der Waals surface area contributed by atoms with E-state index in [0.29, 0.717) is 5.56 Å². The van der Waals surface area contributed by atoms with Crippen LogP contribution in [0.15, 0.2) is 29.1 Å². The zero-order valence-corrected chi connectivity index (χ0v) is 9.96. The Morgan fingerprint density at radius 2 is 2.29 bits per heavy atom. The van der Waals surface area contributed by atoms with Crippen LogP contribution in [0.4, 0.5) is 10.2 Å². The van der Waals surface area contributed by atoms with Gasteiger partial charge in [0.25, 0.3) is 0 Å². The van der Waals surface area contributed by atoms with Crippen LogP contribution in [0.5, 0.6) is 0 Å². The Morgan fingerprint density at radius 3 is 2.88 bits per heavy atom. The van der Waals surface area contributed by atoms with Crippen LogP contribution in [0.1, 0.15) is 5.56 Å². The van der Waals surface area contributed by atoms with E-state index in [9.17, 15) is 14.5 Å². The molecule has 0 aromatic carbocycles. The molecule has 0 spiro atoms. The van der Waals surface area contributed by atoms with Gasteiger partial charge < -0.3 is 10.1 Å². The minimum Gasteiger partial charge on any atom is -0.358 e. The minimum absolute atomic E-state index is 0.219. The second-order valence-corrected chi connectivity index (χ2v) is 4.12. The number of pyridine rings is 1. The standard InChI is InChI=1S/C9H6BrFN4O2/c10-8-5-14(13-9(8)15(16)17)4-6-1-7(11)3-12-2-6/h1-3,5H,4H2. The molecule has 0 atom stereocenters. The first-order valence-corrected chi connectivity index (χ1v) is 5.32. The van der Waals surface area contributed by atoms with Gasteiger partial charge in [-0.2, -0.15) is 4.68 Å². The van der Waals surface area contributed by atoms with Crippen LogP contribution < -0.4 is 0 Å². The molecule has 2 aromatic rings. The normalized spacial score (nSPS) is 10.5. The van der Waals surface area contributed by atoms with Gasteiger partial charge in [-0.05, 0) is 32.5 Å². The van der Waals surface area contributed by atoms with Gasteiger partial charge in [-0.15, -0.1) is 0 Å². The van der Waals surface area contributed by atoms with Crippen molar-refractivity contribution in [2.75, 3.05) is 0 Å². The van der Waals surface area contributed by atoms with Crippen LogP contribution in [-0.4, -0.2) is 19.7 Å². The topological polar surface area (TPSA) is 73.8 Å². The molecule has 0 fully saturated rings. The highest BCUT2D eigenvalue weighted by Gasteiger charge is 2.18. The zero-order chi connectivity index (χ0) is 12.4. The summed E-state index contributed by atoms with van der Waals surface area (Å²) in [5, 5.41) is 14.3. The maximum atomic E-state index is 12.9. The summed E-state index contributed by atoms with van der Waals surface area (Å²) in [6, 6.07) is 1.30. The molecule has 0 saturated heterocycles. The number of nitrogens with zero attached hydrogens (tertiary/aromatic N) is 4. The maximum Gasteiger partial charge on any atom is 0.404 e. The minimum atomic E-state index is -0.593. The third kappa shape index (κ3) is 2.64. The van der Waals surface area contributed by atoms with Gasteiger partial charge in [-0.1, -0.05) is 0 Å². The molecule has 2 rings (SSSR count). The second kappa shape index (κ2) is 4.58. The van der Waals surface area contributed by atoms with Crippen molar-refractivity contribution >= 4 is 21.7 Å². The third-order valence-electron chi connectivity index (χ3n) is 1.98. The quantitative estimate of drug-likeness (QED) is 0.643. The van der Waals surface area contributed by atoms with E-state index >= 15 is 0 Å². The van der Waals surface area contributed by atoms with Gasteiger partial charge in [0.15, 0.2) is 0 Å². The van der Waals surface area contributed by atoms with Gasteiger partial charge in [0.1, 0.15) is 10.3 Å². The fourth-order valence-electron chi connectivity index (χ4n) is 1.32. The Kier molecular flexibility index (Phi) is 3.14. The van der Waals surface area contributed by atoms with Crippen molar-refractivity contribution in [3.63, 3.8) is 0 Å². The SMILES string of the molecule is O=[N+]([O-])c1nn(Cc2cncc(F)c2)cc1Br. The van der Waals surface area contributed by atoms with Crippen LogP contribution in [0.25, 0.3) is 0 Å². The van der Waals surface area contributed by atoms with E-state index < -0.39 is 10.7 Å². The molecule has 0 amide bonds. The van der Waals surface area contributed by atoms with E-state index in [1.165, 1.54) is 23.1 Å². The molecule has 6 nitrogen and oxygen atoms in total. The van der Waals surface area contributed by atoms with Gasteiger partial charge in [-0.3, -0.25) is 4.98 Å². The van der Waals surface area contributed by atoms with E-state index in [2.05, 4.69) is 26.0 Å². The zero-order valence-electron chi connectivity index (χ0n) is 8.38. The Hall–Kier alpha value is -1.83. The molecule has 88 valence electrons. The molecule has 2 aromatic heterocycles. The van der Waals surface area contributed by atoms with Crippen LogP contribution >= 0.6 is 15.9 Å². The van der Waals surface area contributed by atoms with E-state index in [1.54, 1.807) is 0 Å². The van der Waals surface area contributed by atoms with Crippen molar-refractivity contribution < 1.29 is 9.31 Å². The number of aromatic nitrogens is 3. The lowest BCUT2D eigenvalue weighted by Crippen LogP contribution is -2.02. The summed E-state index contributed by atoms with van der Waals surface area (Å²) in [6.45, 7) is 0.219. The lowest BCUT2D eigenvalue weighted by Gasteiger charge is -1.97.